The van der Waals surface area contributed by atoms with Crippen molar-refractivity contribution in [1.29, 1.82) is 0 Å². The predicted octanol–water partition coefficient (Wildman–Crippen LogP) is 1.42. The van der Waals surface area contributed by atoms with Gasteiger partial charge in [-0.05, 0) is 31.0 Å². The number of likely N-dealkylation sites (tertiary alicyclic amines) is 1. The summed E-state index contributed by atoms with van der Waals surface area (Å²) in [4.78, 5) is 9.14. The van der Waals surface area contributed by atoms with Gasteiger partial charge in [0.1, 0.15) is 11.6 Å². The van der Waals surface area contributed by atoms with Crippen LogP contribution in [0.4, 0.5) is 0 Å². The minimum absolute atomic E-state index is 0.455. The highest BCUT2D eigenvalue weighted by molar-refractivity contribution is 5.09. The second-order valence-electron chi connectivity index (χ2n) is 7.36. The molecule has 0 radical (unpaired) electrons. The lowest BCUT2D eigenvalue weighted by Crippen LogP contribution is -2.36. The third-order valence-electron chi connectivity index (χ3n) is 5.47. The van der Waals surface area contributed by atoms with Crippen molar-refractivity contribution in [3.8, 4) is 0 Å². The van der Waals surface area contributed by atoms with Gasteiger partial charge >= 0.3 is 0 Å². The topological polar surface area (TPSA) is 59.3 Å². The highest BCUT2D eigenvalue weighted by atomic mass is 16.5. The number of morpholine rings is 1. The number of nitrogens with zero attached hydrogens (tertiary/aromatic N) is 6. The summed E-state index contributed by atoms with van der Waals surface area (Å²) in [6.07, 6.45) is 6.19. The van der Waals surface area contributed by atoms with Gasteiger partial charge in [0.2, 0.25) is 0 Å². The molecule has 2 aliphatic heterocycles. The van der Waals surface area contributed by atoms with Crippen LogP contribution < -0.4 is 0 Å². The van der Waals surface area contributed by atoms with Gasteiger partial charge in [-0.25, -0.2) is 0 Å². The van der Waals surface area contributed by atoms with Gasteiger partial charge in [-0.1, -0.05) is 6.07 Å². The summed E-state index contributed by atoms with van der Waals surface area (Å²) < 4.78 is 7.65. The number of piperidine rings is 1. The molecule has 0 aromatic carbocycles. The Morgan fingerprint density at radius 2 is 2.00 bits per heavy atom. The lowest BCUT2D eigenvalue weighted by Gasteiger charge is -2.32. The van der Waals surface area contributed by atoms with Gasteiger partial charge in [0.05, 0.1) is 19.8 Å². The molecule has 0 saturated carbocycles. The molecule has 4 heterocycles. The van der Waals surface area contributed by atoms with Crippen molar-refractivity contribution < 1.29 is 4.74 Å². The number of hydrogen-bond acceptors (Lipinski definition) is 6. The minimum Gasteiger partial charge on any atom is -0.379 e. The Morgan fingerprint density at radius 3 is 2.81 bits per heavy atom. The van der Waals surface area contributed by atoms with E-state index in [0.29, 0.717) is 5.92 Å². The molecule has 2 saturated heterocycles. The van der Waals surface area contributed by atoms with Gasteiger partial charge in [0.25, 0.3) is 0 Å². The van der Waals surface area contributed by atoms with Crippen molar-refractivity contribution in [2.24, 2.45) is 7.05 Å². The number of ether oxygens (including phenoxy) is 1. The average Bonchev–Trinajstić information content (AvgIpc) is 3.04. The first-order chi connectivity index (χ1) is 12.8. The third-order valence-corrected chi connectivity index (χ3v) is 5.47. The first kappa shape index (κ1) is 17.6. The standard InChI is InChI=1S/C19H28N6O/c1-23-18(15-24-8-10-26-11-9-24)21-22-19(23)17-5-3-7-25(14-17)13-16-4-2-6-20-12-16/h2,4,6,12,17H,3,5,7-11,13-15H2,1H3/t17-/m0/s1. The molecule has 7 nitrogen and oxygen atoms in total. The Balaban J connectivity index is 1.40. The number of rotatable bonds is 5. The lowest BCUT2D eigenvalue weighted by molar-refractivity contribution is 0.0326. The van der Waals surface area contributed by atoms with Crippen LogP contribution in [0.1, 0.15) is 36.0 Å². The highest BCUT2D eigenvalue weighted by Gasteiger charge is 2.26. The second kappa shape index (κ2) is 8.24. The van der Waals surface area contributed by atoms with Crippen molar-refractivity contribution in [2.45, 2.75) is 31.8 Å². The molecule has 2 aromatic heterocycles. The van der Waals surface area contributed by atoms with E-state index in [4.69, 9.17) is 4.74 Å². The first-order valence-corrected chi connectivity index (χ1v) is 9.59. The largest absolute Gasteiger partial charge is 0.379 e. The summed E-state index contributed by atoms with van der Waals surface area (Å²) in [7, 11) is 2.12. The number of aromatic nitrogens is 4. The Labute approximate surface area is 155 Å². The SMILES string of the molecule is Cn1c(CN2CCOCC2)nnc1[C@H]1CCCN(Cc2cccnc2)C1. The normalized spacial score (nSPS) is 22.6. The van der Waals surface area contributed by atoms with E-state index in [1.165, 1.54) is 18.4 Å². The molecule has 7 heteroatoms. The molecule has 0 bridgehead atoms. The Hall–Kier alpha value is -1.83. The van der Waals surface area contributed by atoms with Gasteiger partial charge in [0, 0.05) is 51.5 Å². The van der Waals surface area contributed by atoms with Crippen LogP contribution in [0, 0.1) is 0 Å². The number of hydrogen-bond donors (Lipinski definition) is 0. The molecule has 2 aliphatic rings. The summed E-state index contributed by atoms with van der Waals surface area (Å²) in [5.41, 5.74) is 1.28. The molecular formula is C19H28N6O. The summed E-state index contributed by atoms with van der Waals surface area (Å²) in [5.74, 6) is 2.65. The second-order valence-corrected chi connectivity index (χ2v) is 7.36. The fourth-order valence-corrected chi connectivity index (χ4v) is 3.99. The van der Waals surface area contributed by atoms with Gasteiger partial charge in [0.15, 0.2) is 0 Å². The fraction of sp³-hybridized carbons (Fsp3) is 0.632. The quantitative estimate of drug-likeness (QED) is 0.808. The Kier molecular flexibility index (Phi) is 5.57. The summed E-state index contributed by atoms with van der Waals surface area (Å²) >= 11 is 0. The van der Waals surface area contributed by atoms with Crippen LogP contribution in [0.15, 0.2) is 24.5 Å². The van der Waals surface area contributed by atoms with Crippen LogP contribution in [-0.4, -0.2) is 68.9 Å². The molecule has 0 unspecified atom stereocenters. The highest BCUT2D eigenvalue weighted by Crippen LogP contribution is 2.26. The van der Waals surface area contributed by atoms with Crippen LogP contribution in [0.25, 0.3) is 0 Å². The van der Waals surface area contributed by atoms with Crippen molar-refractivity contribution in [2.75, 3.05) is 39.4 Å². The summed E-state index contributed by atoms with van der Waals surface area (Å²) in [5, 5.41) is 9.06. The molecule has 0 aliphatic carbocycles. The van der Waals surface area contributed by atoms with Crippen LogP contribution in [-0.2, 0) is 24.9 Å². The van der Waals surface area contributed by atoms with E-state index in [1.807, 2.05) is 18.5 Å². The van der Waals surface area contributed by atoms with E-state index >= 15 is 0 Å². The first-order valence-electron chi connectivity index (χ1n) is 9.59. The maximum absolute atomic E-state index is 5.43. The fourth-order valence-electron chi connectivity index (χ4n) is 3.99. The zero-order chi connectivity index (χ0) is 17.8. The molecule has 0 spiro atoms. The minimum atomic E-state index is 0.455. The smallest absolute Gasteiger partial charge is 0.146 e. The molecule has 2 aromatic rings. The van der Waals surface area contributed by atoms with Crippen molar-refractivity contribution in [1.82, 2.24) is 29.5 Å². The van der Waals surface area contributed by atoms with Crippen molar-refractivity contribution >= 4 is 0 Å². The summed E-state index contributed by atoms with van der Waals surface area (Å²) in [6, 6.07) is 4.16. The zero-order valence-electron chi connectivity index (χ0n) is 15.5. The van der Waals surface area contributed by atoms with E-state index < -0.39 is 0 Å². The van der Waals surface area contributed by atoms with Gasteiger partial charge in [-0.2, -0.15) is 0 Å². The molecule has 26 heavy (non-hydrogen) atoms. The molecule has 2 fully saturated rings. The van der Waals surface area contributed by atoms with Crippen LogP contribution in [0.3, 0.4) is 0 Å². The van der Waals surface area contributed by atoms with E-state index in [9.17, 15) is 0 Å². The Morgan fingerprint density at radius 1 is 1.12 bits per heavy atom. The molecule has 0 N–H and O–H groups in total. The molecule has 140 valence electrons. The van der Waals surface area contributed by atoms with E-state index in [2.05, 4.69) is 42.7 Å². The van der Waals surface area contributed by atoms with Gasteiger partial charge in [-0.15, -0.1) is 10.2 Å². The predicted molar refractivity (Wildman–Crippen MR) is 98.6 cm³/mol. The van der Waals surface area contributed by atoms with Crippen LogP contribution >= 0.6 is 0 Å². The molecular weight excluding hydrogens is 328 g/mol. The molecule has 4 rings (SSSR count). The van der Waals surface area contributed by atoms with Crippen molar-refractivity contribution in [3.63, 3.8) is 0 Å². The molecule has 0 amide bonds. The summed E-state index contributed by atoms with van der Waals surface area (Å²) in [6.45, 7) is 7.59. The average molecular weight is 356 g/mol. The maximum atomic E-state index is 5.43. The van der Waals surface area contributed by atoms with Gasteiger partial charge < -0.3 is 9.30 Å². The zero-order valence-corrected chi connectivity index (χ0v) is 15.5. The lowest BCUT2D eigenvalue weighted by atomic mass is 9.97. The van der Waals surface area contributed by atoms with Crippen LogP contribution in [0.5, 0.6) is 0 Å². The third kappa shape index (κ3) is 4.11. The van der Waals surface area contributed by atoms with E-state index in [1.54, 1.807) is 0 Å². The van der Waals surface area contributed by atoms with Crippen molar-refractivity contribution in [3.05, 3.63) is 41.7 Å². The van der Waals surface area contributed by atoms with E-state index in [-0.39, 0.29) is 0 Å². The van der Waals surface area contributed by atoms with Crippen LogP contribution in [0.2, 0.25) is 0 Å². The maximum Gasteiger partial charge on any atom is 0.146 e. The monoisotopic (exact) mass is 356 g/mol. The van der Waals surface area contributed by atoms with Gasteiger partial charge in [-0.3, -0.25) is 14.8 Å². The molecule has 1 atom stereocenters. The Bertz CT molecular complexity index is 697. The van der Waals surface area contributed by atoms with E-state index in [0.717, 1.165) is 64.1 Å². The number of pyridine rings is 1.